The van der Waals surface area contributed by atoms with Gasteiger partial charge in [-0.3, -0.25) is 9.59 Å². The van der Waals surface area contributed by atoms with Gasteiger partial charge < -0.3 is 20.7 Å². The summed E-state index contributed by atoms with van der Waals surface area (Å²) in [4.78, 5) is 29.8. The first-order valence-corrected chi connectivity index (χ1v) is 13.8. The Labute approximate surface area is 235 Å². The molecule has 3 aromatic carbocycles. The zero-order valence-corrected chi connectivity index (χ0v) is 23.4. The minimum absolute atomic E-state index is 0.0131. The van der Waals surface area contributed by atoms with Gasteiger partial charge in [-0.2, -0.15) is 0 Å². The van der Waals surface area contributed by atoms with Gasteiger partial charge in [-0.05, 0) is 80.7 Å². The molecule has 1 atom stereocenters. The molecular formula is C28H26N4O3S3. The van der Waals surface area contributed by atoms with Gasteiger partial charge in [0.2, 0.25) is 5.91 Å². The summed E-state index contributed by atoms with van der Waals surface area (Å²) >= 11 is 8.25. The third-order valence-corrected chi connectivity index (χ3v) is 7.48. The van der Waals surface area contributed by atoms with Crippen LogP contribution < -0.4 is 20.7 Å². The molecule has 0 saturated carbocycles. The predicted molar refractivity (Wildman–Crippen MR) is 161 cm³/mol. The van der Waals surface area contributed by atoms with Crippen LogP contribution in [0.25, 0.3) is 11.3 Å². The topological polar surface area (TPSA) is 92.4 Å². The lowest BCUT2D eigenvalue weighted by atomic mass is 10.1. The van der Waals surface area contributed by atoms with Crippen LogP contribution in [-0.4, -0.2) is 34.1 Å². The van der Waals surface area contributed by atoms with Crippen LogP contribution in [0.2, 0.25) is 0 Å². The number of thiazole rings is 1. The van der Waals surface area contributed by atoms with Crippen LogP contribution in [0.5, 0.6) is 5.75 Å². The Morgan fingerprint density at radius 3 is 2.45 bits per heavy atom. The number of anilines is 3. The van der Waals surface area contributed by atoms with Crippen molar-refractivity contribution in [1.29, 1.82) is 0 Å². The molecule has 0 saturated heterocycles. The van der Waals surface area contributed by atoms with Crippen LogP contribution in [-0.2, 0) is 4.79 Å². The SMILES string of the molecule is COc1cccc(-c2csc(NC(=O)C(C)Sc3cccc(NC(=S)Nc4ccc(C(C)=O)cc4)c3)n2)c1. The number of nitrogens with zero attached hydrogens (tertiary/aromatic N) is 1. The smallest absolute Gasteiger partial charge is 0.239 e. The first-order valence-electron chi connectivity index (χ1n) is 11.7. The molecule has 3 N–H and O–H groups in total. The van der Waals surface area contributed by atoms with E-state index in [-0.39, 0.29) is 16.9 Å². The number of aromatic nitrogens is 1. The normalized spacial score (nSPS) is 11.3. The molecule has 0 bridgehead atoms. The van der Waals surface area contributed by atoms with E-state index in [1.807, 2.05) is 60.8 Å². The Balaban J connectivity index is 1.32. The molecule has 0 fully saturated rings. The maximum Gasteiger partial charge on any atom is 0.239 e. The number of carbonyl (C=O) groups excluding carboxylic acids is 2. The molecule has 0 spiro atoms. The third kappa shape index (κ3) is 7.41. The fraction of sp³-hybridized carbons (Fsp3) is 0.143. The molecule has 0 aliphatic rings. The summed E-state index contributed by atoms with van der Waals surface area (Å²) in [6.45, 7) is 3.39. The number of ether oxygens (including phenoxy) is 1. The van der Waals surface area contributed by atoms with Crippen molar-refractivity contribution < 1.29 is 14.3 Å². The lowest BCUT2D eigenvalue weighted by Gasteiger charge is -2.13. The highest BCUT2D eigenvalue weighted by Crippen LogP contribution is 2.30. The monoisotopic (exact) mass is 562 g/mol. The average molecular weight is 563 g/mol. The van der Waals surface area contributed by atoms with Gasteiger partial charge in [-0.15, -0.1) is 23.1 Å². The molecule has 4 aromatic rings. The van der Waals surface area contributed by atoms with Gasteiger partial charge in [-0.1, -0.05) is 18.2 Å². The van der Waals surface area contributed by atoms with Gasteiger partial charge in [-0.25, -0.2) is 4.98 Å². The first kappa shape index (κ1) is 27.3. The van der Waals surface area contributed by atoms with Crippen molar-refractivity contribution in [1.82, 2.24) is 4.98 Å². The van der Waals surface area contributed by atoms with Crippen molar-refractivity contribution in [3.8, 4) is 17.0 Å². The van der Waals surface area contributed by atoms with E-state index in [0.717, 1.165) is 33.3 Å². The number of ketones is 1. The second kappa shape index (κ2) is 12.7. The van der Waals surface area contributed by atoms with Crippen molar-refractivity contribution >= 4 is 68.6 Å². The van der Waals surface area contributed by atoms with Crippen molar-refractivity contribution in [3.05, 3.63) is 83.7 Å². The molecule has 7 nitrogen and oxygen atoms in total. The number of benzene rings is 3. The summed E-state index contributed by atoms with van der Waals surface area (Å²) in [6, 6.07) is 22.4. The number of nitrogens with one attached hydrogen (secondary N) is 3. The number of thioether (sulfide) groups is 1. The molecule has 10 heteroatoms. The molecule has 1 heterocycles. The molecule has 194 valence electrons. The van der Waals surface area contributed by atoms with Crippen LogP contribution in [0.3, 0.4) is 0 Å². The van der Waals surface area contributed by atoms with E-state index in [2.05, 4.69) is 20.9 Å². The summed E-state index contributed by atoms with van der Waals surface area (Å²) in [5.74, 6) is 0.632. The number of Topliss-reactive ketones (excluding diaryl/α,β-unsaturated/α-hetero) is 1. The zero-order valence-electron chi connectivity index (χ0n) is 21.0. The standard InChI is InChI=1S/C28H26N4O3S3/c1-17(33)19-10-12-21(13-11-19)29-27(36)30-22-7-5-9-24(15-22)38-18(2)26(34)32-28-31-25(16-37-28)20-6-4-8-23(14-20)35-3/h4-16,18H,1-3H3,(H2,29,30,36)(H,31,32,34). The molecule has 1 amide bonds. The molecule has 1 unspecified atom stereocenters. The Hall–Kier alpha value is -3.73. The zero-order chi connectivity index (χ0) is 27.1. The fourth-order valence-corrected chi connectivity index (χ4v) is 5.32. The van der Waals surface area contributed by atoms with Gasteiger partial charge >= 0.3 is 0 Å². The minimum Gasteiger partial charge on any atom is -0.497 e. The number of amides is 1. The van der Waals surface area contributed by atoms with E-state index >= 15 is 0 Å². The third-order valence-electron chi connectivity index (χ3n) is 5.42. The van der Waals surface area contributed by atoms with Gasteiger partial charge in [0.05, 0.1) is 18.1 Å². The minimum atomic E-state index is -0.348. The average Bonchev–Trinajstić information content (AvgIpc) is 3.37. The molecule has 0 radical (unpaired) electrons. The van der Waals surface area contributed by atoms with E-state index in [1.165, 1.54) is 30.0 Å². The summed E-state index contributed by atoms with van der Waals surface area (Å²) in [5.41, 5.74) is 3.92. The summed E-state index contributed by atoms with van der Waals surface area (Å²) < 4.78 is 5.28. The van der Waals surface area contributed by atoms with Gasteiger partial charge in [0, 0.05) is 32.8 Å². The van der Waals surface area contributed by atoms with Crippen LogP contribution in [0.15, 0.2) is 83.1 Å². The lowest BCUT2D eigenvalue weighted by Crippen LogP contribution is -2.22. The van der Waals surface area contributed by atoms with Crippen molar-refractivity contribution in [2.75, 3.05) is 23.1 Å². The number of methoxy groups -OCH3 is 1. The lowest BCUT2D eigenvalue weighted by molar-refractivity contribution is -0.115. The van der Waals surface area contributed by atoms with Gasteiger partial charge in [0.25, 0.3) is 0 Å². The van der Waals surface area contributed by atoms with Crippen LogP contribution in [0, 0.1) is 0 Å². The highest BCUT2D eigenvalue weighted by molar-refractivity contribution is 8.00. The van der Waals surface area contributed by atoms with Crippen LogP contribution in [0.1, 0.15) is 24.2 Å². The summed E-state index contributed by atoms with van der Waals surface area (Å²) in [7, 11) is 1.62. The number of hydrogen-bond acceptors (Lipinski definition) is 7. The predicted octanol–water partition coefficient (Wildman–Crippen LogP) is 6.95. The highest BCUT2D eigenvalue weighted by atomic mass is 32.2. The number of hydrogen-bond donors (Lipinski definition) is 3. The van der Waals surface area contributed by atoms with Crippen molar-refractivity contribution in [2.45, 2.75) is 24.0 Å². The molecule has 0 aliphatic carbocycles. The van der Waals surface area contributed by atoms with E-state index in [0.29, 0.717) is 15.8 Å². The number of thiocarbonyl (C=S) groups is 1. The maximum atomic E-state index is 12.8. The van der Waals surface area contributed by atoms with E-state index in [1.54, 1.807) is 31.4 Å². The van der Waals surface area contributed by atoms with Gasteiger partial charge in [0.15, 0.2) is 16.0 Å². The summed E-state index contributed by atoms with van der Waals surface area (Å²) in [6.07, 6.45) is 0. The van der Waals surface area contributed by atoms with E-state index in [9.17, 15) is 9.59 Å². The van der Waals surface area contributed by atoms with E-state index in [4.69, 9.17) is 17.0 Å². The Kier molecular flexibility index (Phi) is 9.11. The van der Waals surface area contributed by atoms with Crippen LogP contribution in [0.4, 0.5) is 16.5 Å². The second-order valence-corrected chi connectivity index (χ2v) is 10.9. The summed E-state index contributed by atoms with van der Waals surface area (Å²) in [5, 5.41) is 11.7. The van der Waals surface area contributed by atoms with Crippen molar-refractivity contribution in [3.63, 3.8) is 0 Å². The molecule has 0 aliphatic heterocycles. The fourth-order valence-electron chi connectivity index (χ4n) is 3.44. The molecule has 1 aromatic heterocycles. The Bertz CT molecular complexity index is 1450. The Morgan fingerprint density at radius 2 is 1.71 bits per heavy atom. The molecular weight excluding hydrogens is 537 g/mol. The molecule has 38 heavy (non-hydrogen) atoms. The quantitative estimate of drug-likeness (QED) is 0.115. The Morgan fingerprint density at radius 1 is 0.974 bits per heavy atom. The molecule has 4 rings (SSSR count). The largest absolute Gasteiger partial charge is 0.497 e. The first-order chi connectivity index (χ1) is 18.3. The van der Waals surface area contributed by atoms with Crippen LogP contribution >= 0.6 is 35.3 Å². The van der Waals surface area contributed by atoms with Gasteiger partial charge in [0.1, 0.15) is 5.75 Å². The second-order valence-electron chi connectivity index (χ2n) is 8.26. The number of rotatable bonds is 9. The highest BCUT2D eigenvalue weighted by Gasteiger charge is 2.17. The van der Waals surface area contributed by atoms with E-state index < -0.39 is 0 Å². The van der Waals surface area contributed by atoms with Crippen molar-refractivity contribution in [2.24, 2.45) is 0 Å². The maximum absolute atomic E-state index is 12.8. The number of carbonyl (C=O) groups is 2.